The number of hydrogen-bond acceptors (Lipinski definition) is 1. The Labute approximate surface area is 120 Å². The van der Waals surface area contributed by atoms with E-state index in [1.165, 1.54) is 18.2 Å². The summed E-state index contributed by atoms with van der Waals surface area (Å²) in [5.41, 5.74) is 5.52. The van der Waals surface area contributed by atoms with Crippen molar-refractivity contribution < 1.29 is 13.2 Å². The third-order valence-electron chi connectivity index (χ3n) is 3.09. The van der Waals surface area contributed by atoms with Gasteiger partial charge < -0.3 is 5.73 Å². The molecule has 1 nitrogen and oxygen atoms in total. The first kappa shape index (κ1) is 14.9. The second kappa shape index (κ2) is 5.46. The molecule has 0 heterocycles. The van der Waals surface area contributed by atoms with Crippen LogP contribution in [0.4, 0.5) is 13.2 Å². The Bertz CT molecular complexity index is 621. The molecule has 5 heteroatoms. The van der Waals surface area contributed by atoms with Crippen LogP contribution in [0, 0.1) is 17.5 Å². The van der Waals surface area contributed by atoms with E-state index in [1.54, 1.807) is 6.92 Å². The molecule has 0 aromatic heterocycles. The molecule has 0 fully saturated rings. The molecule has 0 spiro atoms. The second-order valence-corrected chi connectivity index (χ2v) is 5.42. The minimum absolute atomic E-state index is 0.0717. The molecule has 2 aromatic carbocycles. The molecule has 0 saturated heterocycles. The molecule has 0 radical (unpaired) electrons. The lowest BCUT2D eigenvalue weighted by atomic mass is 9.86. The first-order valence-electron chi connectivity index (χ1n) is 5.97. The fraction of sp³-hybridized carbons (Fsp3) is 0.200. The molecular formula is C15H13ClF3N. The van der Waals surface area contributed by atoms with Gasteiger partial charge in [0.15, 0.2) is 0 Å². The average Bonchev–Trinajstić information content (AvgIpc) is 2.32. The van der Waals surface area contributed by atoms with Gasteiger partial charge in [0, 0.05) is 16.6 Å². The van der Waals surface area contributed by atoms with E-state index in [4.69, 9.17) is 17.3 Å². The molecular weight excluding hydrogens is 287 g/mol. The van der Waals surface area contributed by atoms with Crippen molar-refractivity contribution >= 4 is 11.6 Å². The van der Waals surface area contributed by atoms with E-state index in [2.05, 4.69) is 0 Å². The summed E-state index contributed by atoms with van der Waals surface area (Å²) in [5.74, 6) is -1.89. The van der Waals surface area contributed by atoms with Crippen LogP contribution in [-0.2, 0) is 12.0 Å². The fourth-order valence-corrected chi connectivity index (χ4v) is 2.25. The van der Waals surface area contributed by atoms with Crippen molar-refractivity contribution in [1.29, 1.82) is 0 Å². The Morgan fingerprint density at radius 2 is 1.65 bits per heavy atom. The average molecular weight is 300 g/mol. The van der Waals surface area contributed by atoms with Crippen molar-refractivity contribution in [1.82, 2.24) is 0 Å². The molecule has 0 aliphatic heterocycles. The van der Waals surface area contributed by atoms with Crippen LogP contribution in [0.2, 0.25) is 5.02 Å². The SMILES string of the molecule is CC(N)(Cc1cc(Cl)ccc1F)c1cc(F)cc(F)c1. The maximum Gasteiger partial charge on any atom is 0.126 e. The van der Waals surface area contributed by atoms with Gasteiger partial charge in [-0.2, -0.15) is 0 Å². The van der Waals surface area contributed by atoms with Crippen LogP contribution in [0.15, 0.2) is 36.4 Å². The maximum atomic E-state index is 13.7. The minimum Gasteiger partial charge on any atom is -0.321 e. The Morgan fingerprint density at radius 1 is 1.05 bits per heavy atom. The van der Waals surface area contributed by atoms with Crippen molar-refractivity contribution in [2.45, 2.75) is 18.9 Å². The Morgan fingerprint density at radius 3 is 2.25 bits per heavy atom. The topological polar surface area (TPSA) is 26.0 Å². The third kappa shape index (κ3) is 3.32. The molecule has 2 rings (SSSR count). The number of benzene rings is 2. The van der Waals surface area contributed by atoms with Gasteiger partial charge in [0.1, 0.15) is 17.5 Å². The van der Waals surface area contributed by atoms with Crippen LogP contribution < -0.4 is 5.73 Å². The van der Waals surface area contributed by atoms with Crippen LogP contribution in [0.1, 0.15) is 18.1 Å². The molecule has 0 amide bonds. The van der Waals surface area contributed by atoms with Crippen LogP contribution in [0.5, 0.6) is 0 Å². The van der Waals surface area contributed by atoms with Crippen LogP contribution in [-0.4, -0.2) is 0 Å². The van der Waals surface area contributed by atoms with Gasteiger partial charge in [-0.3, -0.25) is 0 Å². The molecule has 0 aliphatic rings. The van der Waals surface area contributed by atoms with E-state index in [0.29, 0.717) is 10.6 Å². The summed E-state index contributed by atoms with van der Waals surface area (Å²) in [6.45, 7) is 1.58. The molecule has 106 valence electrons. The smallest absolute Gasteiger partial charge is 0.126 e. The van der Waals surface area contributed by atoms with Crippen LogP contribution in [0.25, 0.3) is 0 Å². The highest BCUT2D eigenvalue weighted by Gasteiger charge is 2.24. The summed E-state index contributed by atoms with van der Waals surface area (Å²) in [7, 11) is 0. The van der Waals surface area contributed by atoms with E-state index < -0.39 is 23.0 Å². The van der Waals surface area contributed by atoms with Crippen molar-refractivity contribution in [3.8, 4) is 0 Å². The summed E-state index contributed by atoms with van der Waals surface area (Å²) >= 11 is 5.81. The van der Waals surface area contributed by atoms with Gasteiger partial charge >= 0.3 is 0 Å². The second-order valence-electron chi connectivity index (χ2n) is 4.99. The van der Waals surface area contributed by atoms with E-state index >= 15 is 0 Å². The first-order valence-corrected chi connectivity index (χ1v) is 6.35. The van der Waals surface area contributed by atoms with Gasteiger partial charge in [0.05, 0.1) is 0 Å². The highest BCUT2D eigenvalue weighted by molar-refractivity contribution is 6.30. The van der Waals surface area contributed by atoms with Crippen molar-refractivity contribution in [2.24, 2.45) is 5.73 Å². The standard InChI is InChI=1S/C15H13ClF3N/c1-15(20,10-5-12(17)7-13(18)6-10)8-9-4-11(16)2-3-14(9)19/h2-7H,8,20H2,1H3. The third-order valence-corrected chi connectivity index (χ3v) is 3.32. The predicted octanol–water partition coefficient (Wildman–Crippen LogP) is 4.17. The Kier molecular flexibility index (Phi) is 4.06. The maximum absolute atomic E-state index is 13.7. The zero-order chi connectivity index (χ0) is 14.9. The van der Waals surface area contributed by atoms with Crippen LogP contribution in [0.3, 0.4) is 0 Å². The minimum atomic E-state index is -1.12. The van der Waals surface area contributed by atoms with E-state index in [-0.39, 0.29) is 12.0 Å². The Hall–Kier alpha value is -1.52. The molecule has 2 N–H and O–H groups in total. The molecule has 0 aliphatic carbocycles. The lowest BCUT2D eigenvalue weighted by Gasteiger charge is -2.26. The van der Waals surface area contributed by atoms with Crippen molar-refractivity contribution in [2.75, 3.05) is 0 Å². The summed E-state index contributed by atoms with van der Waals surface area (Å²) in [5, 5.41) is 0.377. The quantitative estimate of drug-likeness (QED) is 0.904. The van der Waals surface area contributed by atoms with Gasteiger partial charge in [-0.15, -0.1) is 0 Å². The number of hydrogen-bond donors (Lipinski definition) is 1. The molecule has 0 bridgehead atoms. The summed E-state index contributed by atoms with van der Waals surface area (Å²) < 4.78 is 40.2. The highest BCUT2D eigenvalue weighted by Crippen LogP contribution is 2.27. The Balaban J connectivity index is 2.37. The first-order chi connectivity index (χ1) is 9.28. The largest absolute Gasteiger partial charge is 0.321 e. The molecule has 1 unspecified atom stereocenters. The number of rotatable bonds is 3. The zero-order valence-corrected chi connectivity index (χ0v) is 11.5. The van der Waals surface area contributed by atoms with Gasteiger partial charge in [-0.05, 0) is 54.8 Å². The lowest BCUT2D eigenvalue weighted by molar-refractivity contribution is 0.465. The normalized spacial score (nSPS) is 14.1. The summed E-state index contributed by atoms with van der Waals surface area (Å²) in [4.78, 5) is 0. The highest BCUT2D eigenvalue weighted by atomic mass is 35.5. The number of nitrogens with two attached hydrogens (primary N) is 1. The van der Waals surface area contributed by atoms with Crippen molar-refractivity contribution in [3.63, 3.8) is 0 Å². The van der Waals surface area contributed by atoms with E-state index in [0.717, 1.165) is 18.2 Å². The predicted molar refractivity (Wildman–Crippen MR) is 73.0 cm³/mol. The molecule has 1 atom stereocenters. The summed E-state index contributed by atoms with van der Waals surface area (Å²) in [6, 6.07) is 7.17. The van der Waals surface area contributed by atoms with E-state index in [9.17, 15) is 13.2 Å². The van der Waals surface area contributed by atoms with E-state index in [1.807, 2.05) is 0 Å². The molecule has 20 heavy (non-hydrogen) atoms. The molecule has 0 saturated carbocycles. The van der Waals surface area contributed by atoms with Gasteiger partial charge in [-0.1, -0.05) is 11.6 Å². The summed E-state index contributed by atoms with van der Waals surface area (Å²) in [6.07, 6.45) is 0.0717. The van der Waals surface area contributed by atoms with Gasteiger partial charge in [0.2, 0.25) is 0 Å². The van der Waals surface area contributed by atoms with Crippen LogP contribution >= 0.6 is 11.6 Å². The van der Waals surface area contributed by atoms with Gasteiger partial charge in [-0.25, -0.2) is 13.2 Å². The van der Waals surface area contributed by atoms with Crippen molar-refractivity contribution in [3.05, 3.63) is 70.0 Å². The zero-order valence-electron chi connectivity index (χ0n) is 10.8. The number of halogens is 4. The fourth-order valence-electron chi connectivity index (χ4n) is 2.06. The van der Waals surface area contributed by atoms with Gasteiger partial charge in [0.25, 0.3) is 0 Å². The monoisotopic (exact) mass is 299 g/mol. The molecule has 2 aromatic rings. The lowest BCUT2D eigenvalue weighted by Crippen LogP contribution is -2.36.